The van der Waals surface area contributed by atoms with Crippen molar-refractivity contribution in [3.8, 4) is 17.2 Å². The van der Waals surface area contributed by atoms with Crippen LogP contribution in [0.3, 0.4) is 0 Å². The van der Waals surface area contributed by atoms with E-state index in [1.54, 1.807) is 96.1 Å². The van der Waals surface area contributed by atoms with Crippen molar-refractivity contribution in [1.29, 1.82) is 0 Å². The zero-order valence-corrected chi connectivity index (χ0v) is 63.3. The van der Waals surface area contributed by atoms with Crippen molar-refractivity contribution in [2.75, 3.05) is 28.4 Å². The Morgan fingerprint density at radius 1 is 0.490 bits per heavy atom. The molecule has 1 atom stereocenters. The summed E-state index contributed by atoms with van der Waals surface area (Å²) in [6.45, 7) is 16.4. The van der Waals surface area contributed by atoms with Crippen LogP contribution < -0.4 is 42.0 Å². The molecule has 4 heterocycles. The second-order valence-electron chi connectivity index (χ2n) is 27.2. The number of methoxy groups -OCH3 is 4. The van der Waals surface area contributed by atoms with Crippen molar-refractivity contribution in [2.24, 2.45) is 16.2 Å². The van der Waals surface area contributed by atoms with Gasteiger partial charge in [-0.15, -0.1) is 12.4 Å². The van der Waals surface area contributed by atoms with E-state index < -0.39 is 80.1 Å². The minimum Gasteiger partial charge on any atom is -0.503 e. The molecule has 4 aromatic heterocycles. The molecule has 104 heavy (non-hydrogen) atoms. The van der Waals surface area contributed by atoms with E-state index >= 15 is 0 Å². The highest BCUT2D eigenvalue weighted by Gasteiger charge is 2.34. The number of Topliss-reactive ketones (excluding diaryl/α,β-unsaturated/α-hetero) is 2. The van der Waals surface area contributed by atoms with Crippen LogP contribution in [0.2, 0.25) is 15.1 Å². The van der Waals surface area contributed by atoms with Gasteiger partial charge in [0.15, 0.2) is 58.3 Å². The Balaban J connectivity index is 0.000000247. The molecule has 2 amide bonds. The first kappa shape index (κ1) is 83.7. The lowest BCUT2D eigenvalue weighted by molar-refractivity contribution is -0.111. The zero-order valence-electron chi connectivity index (χ0n) is 60.2. The molecule has 0 bridgehead atoms. The molecular weight excluding hydrogens is 1420 g/mol. The quantitative estimate of drug-likeness (QED) is 0.0306. The van der Waals surface area contributed by atoms with Gasteiger partial charge in [0.1, 0.15) is 13.2 Å². The molecular formula is C78H88Cl4N6O16. The van der Waals surface area contributed by atoms with Gasteiger partial charge in [0, 0.05) is 104 Å². The Morgan fingerprint density at radius 3 is 1.30 bits per heavy atom. The normalized spacial score (nSPS) is 11.8. The summed E-state index contributed by atoms with van der Waals surface area (Å²) in [5.74, 6) is -2.99. The number of aliphatic hydroxyl groups excluding tert-OH is 1. The minimum atomic E-state index is -1.12. The molecule has 0 aliphatic carbocycles. The first-order valence-corrected chi connectivity index (χ1v) is 33.9. The highest BCUT2D eigenvalue weighted by molar-refractivity contribution is 6.31. The number of nitrogens with one attached hydrogen (secondary N) is 2. The molecule has 9 rings (SSSR count). The van der Waals surface area contributed by atoms with Gasteiger partial charge in [-0.3, -0.25) is 38.4 Å². The molecule has 22 nitrogen and oxygen atoms in total. The Hall–Kier alpha value is -9.20. The lowest BCUT2D eigenvalue weighted by Gasteiger charge is -2.28. The number of rotatable bonds is 25. The molecule has 0 spiro atoms. The molecule has 0 radical (unpaired) electrons. The first-order valence-electron chi connectivity index (χ1n) is 32.7. The summed E-state index contributed by atoms with van der Waals surface area (Å²) in [7, 11) is 5.88. The Morgan fingerprint density at radius 2 is 0.885 bits per heavy atom. The predicted octanol–water partition coefficient (Wildman–Crippen LogP) is 13.1. The lowest BCUT2D eigenvalue weighted by atomic mass is 9.85. The Bertz CT molecular complexity index is 4720. The van der Waals surface area contributed by atoms with E-state index in [0.717, 1.165) is 27.8 Å². The van der Waals surface area contributed by atoms with E-state index in [1.807, 2.05) is 99.6 Å². The minimum absolute atomic E-state index is 0. The van der Waals surface area contributed by atoms with Crippen LogP contribution in [0, 0.1) is 16.2 Å². The fourth-order valence-corrected chi connectivity index (χ4v) is 11.1. The number of ketones is 2. The van der Waals surface area contributed by atoms with Gasteiger partial charge < -0.3 is 67.4 Å². The van der Waals surface area contributed by atoms with Gasteiger partial charge in [0.2, 0.25) is 16.3 Å². The van der Waals surface area contributed by atoms with Crippen LogP contribution in [0.1, 0.15) is 143 Å². The molecule has 0 aliphatic rings. The average Bonchev–Trinajstić information content (AvgIpc) is 0.767. The van der Waals surface area contributed by atoms with Crippen LogP contribution in [0.4, 0.5) is 0 Å². The van der Waals surface area contributed by atoms with Crippen molar-refractivity contribution >= 4 is 76.1 Å². The summed E-state index contributed by atoms with van der Waals surface area (Å²) in [6.07, 6.45) is 4.63. The maximum atomic E-state index is 13.7. The molecule has 0 saturated heterocycles. The fraction of sp³-hybridized carbons (Fsp3) is 0.333. The molecule has 0 fully saturated rings. The van der Waals surface area contributed by atoms with Crippen LogP contribution in [0.5, 0.6) is 17.2 Å². The number of amides is 2. The van der Waals surface area contributed by atoms with E-state index in [-0.39, 0.29) is 109 Å². The largest absolute Gasteiger partial charge is 0.503 e. The summed E-state index contributed by atoms with van der Waals surface area (Å²) >= 11 is 18.1. The summed E-state index contributed by atoms with van der Waals surface area (Å²) in [6, 6.07) is 39.8. The number of hydrogen-bond acceptors (Lipinski definition) is 16. The first-order chi connectivity index (χ1) is 48.7. The zero-order chi connectivity index (χ0) is 75.7. The number of pyridine rings is 3. The monoisotopic (exact) mass is 1500 g/mol. The van der Waals surface area contributed by atoms with Gasteiger partial charge in [-0.25, -0.2) is 0 Å². The number of halogens is 4. The van der Waals surface area contributed by atoms with Crippen LogP contribution in [-0.2, 0) is 64.9 Å². The van der Waals surface area contributed by atoms with Crippen molar-refractivity contribution in [1.82, 2.24) is 28.7 Å². The molecule has 9 aromatic rings. The van der Waals surface area contributed by atoms with Crippen molar-refractivity contribution < 1.29 is 57.8 Å². The van der Waals surface area contributed by atoms with Crippen molar-refractivity contribution in [2.45, 2.75) is 127 Å². The standard InChI is InChI=1S/C29H35ClN2O6.C29H33ClN2O6.C20H19ClN2O4.ClH/c2*1-29(2,3)27(34)22-16-32(17-23(36-4)37-5)24(28(35)31-15-20-12-9-13-21(30)14-20)26(25(22)33)38-18-19-10-7-6-8-11-19;1-20(2,3)18(26)14-11-22-7-8-23(10-12-5-4-6-13(21)9-12)19(27)15(22)17(25)16(14)24;/h6-14,16,23,27,34H,15,17-18H2,1-5H3,(H,31,35);6-14,16,23H,15,17-18H2,1-5H3,(H,31,35);4-9,11,25H,10H2,1-3H3;1H. The molecule has 0 aliphatic heterocycles. The van der Waals surface area contributed by atoms with Gasteiger partial charge in [-0.2, -0.15) is 0 Å². The molecule has 554 valence electrons. The van der Waals surface area contributed by atoms with Gasteiger partial charge in [0.05, 0.1) is 36.9 Å². The third-order valence-corrected chi connectivity index (χ3v) is 16.8. The number of hydrogen-bond donors (Lipinski definition) is 4. The summed E-state index contributed by atoms with van der Waals surface area (Å²) < 4.78 is 39.2. The number of aliphatic hydroxyl groups is 1. The number of ether oxygens (including phenoxy) is 6. The number of aromatic hydroxyl groups is 1. The maximum absolute atomic E-state index is 13.7. The van der Waals surface area contributed by atoms with Crippen molar-refractivity contribution in [3.63, 3.8) is 0 Å². The number of carbonyl (C=O) groups excluding carboxylic acids is 4. The van der Waals surface area contributed by atoms with E-state index in [9.17, 15) is 48.6 Å². The van der Waals surface area contributed by atoms with E-state index in [0.29, 0.717) is 15.1 Å². The van der Waals surface area contributed by atoms with Crippen LogP contribution in [0.25, 0.3) is 5.52 Å². The fourth-order valence-electron chi connectivity index (χ4n) is 10.5. The number of nitrogens with zero attached hydrogens (tertiary/aromatic N) is 4. The van der Waals surface area contributed by atoms with Crippen LogP contribution in [0.15, 0.2) is 184 Å². The van der Waals surface area contributed by atoms with Gasteiger partial charge in [-0.1, -0.05) is 194 Å². The van der Waals surface area contributed by atoms with Crippen LogP contribution in [-0.4, -0.2) is 92.7 Å². The third kappa shape index (κ3) is 22.2. The van der Waals surface area contributed by atoms with Crippen molar-refractivity contribution in [3.05, 3.63) is 276 Å². The number of benzene rings is 5. The van der Waals surface area contributed by atoms with Gasteiger partial charge >= 0.3 is 0 Å². The SMILES string of the molecule is CC(C)(C)C(=O)c1cn2ccn(Cc3cccc(Cl)c3)c(=O)c2c(O)c1=O.COC(Cn1cc(C(=O)C(C)(C)C)c(=O)c(OCc2ccccc2)c1C(=O)NCc1cccc(Cl)c1)OC.COC(Cn1cc(C(O)C(C)(C)C)c(=O)c(OCc2ccccc2)c1C(=O)NCc1cccc(Cl)c1)OC.Cl. The number of aromatic nitrogens is 4. The highest BCUT2D eigenvalue weighted by atomic mass is 35.5. The Labute approximate surface area is 624 Å². The second-order valence-corrected chi connectivity index (χ2v) is 28.5. The maximum Gasteiger partial charge on any atom is 0.279 e. The second kappa shape index (κ2) is 37.5. The molecule has 0 saturated carbocycles. The molecule has 1 unspecified atom stereocenters. The van der Waals surface area contributed by atoms with Gasteiger partial charge in [0.25, 0.3) is 17.4 Å². The topological polar surface area (TPSA) is 276 Å². The Kier molecular flexibility index (Phi) is 30.2. The average molecular weight is 1510 g/mol. The van der Waals surface area contributed by atoms with E-state index in [4.69, 9.17) is 63.2 Å². The summed E-state index contributed by atoms with van der Waals surface area (Å²) in [5.41, 5.74) is -1.24. The lowest BCUT2D eigenvalue weighted by Crippen LogP contribution is -2.35. The van der Waals surface area contributed by atoms with E-state index in [2.05, 4.69) is 10.6 Å². The third-order valence-electron chi connectivity index (χ3n) is 16.1. The van der Waals surface area contributed by atoms with E-state index in [1.165, 1.54) is 77.5 Å². The smallest absolute Gasteiger partial charge is 0.279 e. The molecule has 26 heteroatoms. The number of fused-ring (bicyclic) bond motifs is 1. The number of carbonyl (C=O) groups is 4. The van der Waals surface area contributed by atoms with Crippen LogP contribution >= 0.6 is 47.2 Å². The molecule has 4 N–H and O–H groups in total. The summed E-state index contributed by atoms with van der Waals surface area (Å²) in [5, 5.41) is 28.7. The predicted molar refractivity (Wildman–Crippen MR) is 403 cm³/mol. The molecule has 5 aromatic carbocycles. The van der Waals surface area contributed by atoms with Gasteiger partial charge in [-0.05, 0) is 69.6 Å². The highest BCUT2D eigenvalue weighted by Crippen LogP contribution is 2.33. The summed E-state index contributed by atoms with van der Waals surface area (Å²) in [4.78, 5) is 106.